The third-order valence-corrected chi connectivity index (χ3v) is 4.86. The van der Waals surface area contributed by atoms with Gasteiger partial charge in [0.15, 0.2) is 5.78 Å². The fourth-order valence-electron chi connectivity index (χ4n) is 3.27. The molecule has 1 aliphatic rings. The molecule has 3 aromatic rings. The monoisotopic (exact) mass is 430 g/mol. The van der Waals surface area contributed by atoms with Crippen LogP contribution in [0.3, 0.4) is 0 Å². The molecule has 158 valence electrons. The van der Waals surface area contributed by atoms with Crippen molar-refractivity contribution >= 4 is 22.6 Å². The molecule has 0 aliphatic heterocycles. The summed E-state index contributed by atoms with van der Waals surface area (Å²) in [5.41, 5.74) is 2.82. The first-order valence-electron chi connectivity index (χ1n) is 9.79. The molecular formula is C26H17F3N2O. The average Bonchev–Trinajstić information content (AvgIpc) is 2.81. The molecule has 6 heteroatoms. The van der Waals surface area contributed by atoms with Gasteiger partial charge in [0.05, 0.1) is 17.5 Å². The number of ketones is 1. The van der Waals surface area contributed by atoms with Crippen molar-refractivity contribution in [2.45, 2.75) is 6.18 Å². The third-order valence-electron chi connectivity index (χ3n) is 4.86. The van der Waals surface area contributed by atoms with Gasteiger partial charge < -0.3 is 0 Å². The van der Waals surface area contributed by atoms with E-state index in [-0.39, 0.29) is 5.78 Å². The summed E-state index contributed by atoms with van der Waals surface area (Å²) in [5, 5.41) is 8.00. The molecule has 0 radical (unpaired) electrons. The van der Waals surface area contributed by atoms with E-state index in [4.69, 9.17) is 0 Å². The van der Waals surface area contributed by atoms with Crippen molar-refractivity contribution in [2.24, 2.45) is 10.2 Å². The molecule has 0 amide bonds. The number of hydrogen-bond donors (Lipinski definition) is 0. The summed E-state index contributed by atoms with van der Waals surface area (Å²) >= 11 is 0. The average molecular weight is 430 g/mol. The SMILES string of the molecule is O=C1C(c2ccccc2)=CC(=CN=Nc2ccc(C(F)(F)F)cc2)C=C1c1ccccc1. The molecule has 0 atom stereocenters. The molecule has 32 heavy (non-hydrogen) atoms. The van der Waals surface area contributed by atoms with Crippen LogP contribution in [0, 0.1) is 0 Å². The minimum atomic E-state index is -4.40. The van der Waals surface area contributed by atoms with Crippen molar-refractivity contribution in [3.63, 3.8) is 0 Å². The van der Waals surface area contributed by atoms with E-state index in [1.54, 1.807) is 12.2 Å². The van der Waals surface area contributed by atoms with E-state index in [2.05, 4.69) is 10.2 Å². The number of benzene rings is 3. The van der Waals surface area contributed by atoms with Gasteiger partial charge in [-0.1, -0.05) is 60.7 Å². The third kappa shape index (κ3) is 4.81. The Morgan fingerprint density at radius 2 is 1.19 bits per heavy atom. The van der Waals surface area contributed by atoms with E-state index in [0.717, 1.165) is 23.3 Å². The second kappa shape index (κ2) is 8.98. The molecule has 0 fully saturated rings. The summed E-state index contributed by atoms with van der Waals surface area (Å²) in [6.45, 7) is 0. The zero-order chi connectivity index (χ0) is 22.6. The summed E-state index contributed by atoms with van der Waals surface area (Å²) in [4.78, 5) is 13.2. The lowest BCUT2D eigenvalue weighted by molar-refractivity contribution is -0.137. The van der Waals surface area contributed by atoms with Gasteiger partial charge >= 0.3 is 6.18 Å². The highest BCUT2D eigenvalue weighted by Gasteiger charge is 2.30. The van der Waals surface area contributed by atoms with Gasteiger partial charge in [0, 0.05) is 11.1 Å². The van der Waals surface area contributed by atoms with Crippen LogP contribution in [-0.4, -0.2) is 5.78 Å². The van der Waals surface area contributed by atoms with Crippen LogP contribution in [0.25, 0.3) is 11.1 Å². The molecule has 0 N–H and O–H groups in total. The maximum atomic E-state index is 13.2. The smallest absolute Gasteiger partial charge is 0.289 e. The molecule has 0 heterocycles. The highest BCUT2D eigenvalue weighted by Crippen LogP contribution is 2.33. The van der Waals surface area contributed by atoms with E-state index in [1.807, 2.05) is 60.7 Å². The van der Waals surface area contributed by atoms with Gasteiger partial charge in [-0.15, -0.1) is 0 Å². The van der Waals surface area contributed by atoms with Crippen molar-refractivity contribution in [1.82, 2.24) is 0 Å². The fourth-order valence-corrected chi connectivity index (χ4v) is 3.27. The van der Waals surface area contributed by atoms with Crippen LogP contribution in [0.15, 0.2) is 119 Å². The van der Waals surface area contributed by atoms with E-state index in [9.17, 15) is 18.0 Å². The van der Waals surface area contributed by atoms with Crippen molar-refractivity contribution in [2.75, 3.05) is 0 Å². The van der Waals surface area contributed by atoms with Crippen LogP contribution < -0.4 is 0 Å². The number of carbonyl (C=O) groups excluding carboxylic acids is 1. The topological polar surface area (TPSA) is 41.8 Å². The molecule has 0 unspecified atom stereocenters. The number of alkyl halides is 3. The van der Waals surface area contributed by atoms with Gasteiger partial charge in [0.2, 0.25) is 0 Å². The number of allylic oxidation sites excluding steroid dienone is 5. The highest BCUT2D eigenvalue weighted by atomic mass is 19.4. The Balaban J connectivity index is 1.67. The molecule has 0 bridgehead atoms. The van der Waals surface area contributed by atoms with E-state index in [1.165, 1.54) is 18.3 Å². The molecule has 4 rings (SSSR count). The van der Waals surface area contributed by atoms with Gasteiger partial charge in [0.1, 0.15) is 0 Å². The largest absolute Gasteiger partial charge is 0.416 e. The van der Waals surface area contributed by atoms with Gasteiger partial charge in [0.25, 0.3) is 0 Å². The standard InChI is InChI=1S/C26H17F3N2O/c27-26(28,29)21-11-13-22(14-12-21)31-30-17-18-15-23(19-7-3-1-4-8-19)25(32)24(16-18)20-9-5-2-6-10-20/h1-17H. The van der Waals surface area contributed by atoms with Gasteiger partial charge in [-0.05, 0) is 53.1 Å². The number of Topliss-reactive ketones (excluding diaryl/α,β-unsaturated/α-hetero) is 1. The summed E-state index contributed by atoms with van der Waals surface area (Å²) in [6.07, 6.45) is 0.547. The van der Waals surface area contributed by atoms with Crippen molar-refractivity contribution in [1.29, 1.82) is 0 Å². The number of hydrogen-bond acceptors (Lipinski definition) is 3. The Morgan fingerprint density at radius 1 is 0.688 bits per heavy atom. The summed E-state index contributed by atoms with van der Waals surface area (Å²) in [5.74, 6) is -0.0979. The van der Waals surface area contributed by atoms with E-state index >= 15 is 0 Å². The van der Waals surface area contributed by atoms with Crippen LogP contribution in [0.2, 0.25) is 0 Å². The Labute approximate surface area is 182 Å². The van der Waals surface area contributed by atoms with Crippen molar-refractivity contribution < 1.29 is 18.0 Å². The highest BCUT2D eigenvalue weighted by molar-refractivity contribution is 6.43. The first-order chi connectivity index (χ1) is 15.4. The molecule has 3 nitrogen and oxygen atoms in total. The van der Waals surface area contributed by atoms with Crippen molar-refractivity contribution in [3.8, 4) is 0 Å². The molecule has 3 aromatic carbocycles. The lowest BCUT2D eigenvalue weighted by Crippen LogP contribution is -2.09. The molecule has 0 spiro atoms. The fraction of sp³-hybridized carbons (Fsp3) is 0.0385. The Kier molecular flexibility index (Phi) is 5.94. The maximum Gasteiger partial charge on any atom is 0.416 e. The van der Waals surface area contributed by atoms with E-state index in [0.29, 0.717) is 22.4 Å². The number of halogens is 3. The van der Waals surface area contributed by atoms with Crippen LogP contribution in [-0.2, 0) is 11.0 Å². The van der Waals surface area contributed by atoms with Crippen LogP contribution in [0.1, 0.15) is 16.7 Å². The lowest BCUT2D eigenvalue weighted by Gasteiger charge is -2.16. The number of rotatable bonds is 4. The molecule has 0 aromatic heterocycles. The Morgan fingerprint density at radius 3 is 1.66 bits per heavy atom. The molecule has 1 aliphatic carbocycles. The zero-order valence-corrected chi connectivity index (χ0v) is 16.8. The predicted molar refractivity (Wildman–Crippen MR) is 118 cm³/mol. The Hall–Kier alpha value is -4.06. The van der Waals surface area contributed by atoms with Gasteiger partial charge in [-0.2, -0.15) is 23.4 Å². The summed E-state index contributed by atoms with van der Waals surface area (Å²) in [7, 11) is 0. The molecule has 0 saturated carbocycles. The summed E-state index contributed by atoms with van der Waals surface area (Å²) < 4.78 is 38.1. The maximum absolute atomic E-state index is 13.2. The lowest BCUT2D eigenvalue weighted by atomic mass is 9.86. The van der Waals surface area contributed by atoms with Crippen LogP contribution >= 0.6 is 0 Å². The van der Waals surface area contributed by atoms with Crippen LogP contribution in [0.4, 0.5) is 18.9 Å². The molecule has 0 saturated heterocycles. The number of nitrogens with zero attached hydrogens (tertiary/aromatic N) is 2. The zero-order valence-electron chi connectivity index (χ0n) is 16.8. The second-order valence-electron chi connectivity index (χ2n) is 7.07. The summed E-state index contributed by atoms with van der Waals surface area (Å²) in [6, 6.07) is 23.1. The first kappa shape index (κ1) is 21.2. The van der Waals surface area contributed by atoms with Gasteiger partial charge in [-0.25, -0.2) is 0 Å². The Bertz CT molecular complexity index is 1180. The number of azo groups is 1. The van der Waals surface area contributed by atoms with E-state index < -0.39 is 11.7 Å². The minimum Gasteiger partial charge on any atom is -0.289 e. The minimum absolute atomic E-state index is 0.0979. The quantitative estimate of drug-likeness (QED) is 0.397. The predicted octanol–water partition coefficient (Wildman–Crippen LogP) is 7.42. The van der Waals surface area contributed by atoms with Crippen molar-refractivity contribution in [3.05, 3.63) is 126 Å². The van der Waals surface area contributed by atoms with Gasteiger partial charge in [-0.3, -0.25) is 4.79 Å². The van der Waals surface area contributed by atoms with Crippen LogP contribution in [0.5, 0.6) is 0 Å². The second-order valence-corrected chi connectivity index (χ2v) is 7.07. The normalized spacial score (nSPS) is 14.3. The first-order valence-corrected chi connectivity index (χ1v) is 9.79. The molecular weight excluding hydrogens is 413 g/mol. The number of carbonyl (C=O) groups is 1.